The highest BCUT2D eigenvalue weighted by molar-refractivity contribution is 6.30. The van der Waals surface area contributed by atoms with Gasteiger partial charge >= 0.3 is 0 Å². The van der Waals surface area contributed by atoms with Gasteiger partial charge in [0.05, 0.1) is 11.0 Å². The van der Waals surface area contributed by atoms with Crippen LogP contribution in [0.1, 0.15) is 11.1 Å². The Balaban J connectivity index is 1.41. The van der Waals surface area contributed by atoms with Gasteiger partial charge in [-0.3, -0.25) is 0 Å². The second kappa shape index (κ2) is 7.48. The minimum absolute atomic E-state index is 0.436. The van der Waals surface area contributed by atoms with E-state index < -0.39 is 0 Å². The normalized spacial score (nSPS) is 11.2. The number of hydrogen-bond acceptors (Lipinski definition) is 7. The maximum atomic E-state index is 6.20. The van der Waals surface area contributed by atoms with Crippen LogP contribution in [0.3, 0.4) is 0 Å². The molecule has 0 saturated heterocycles. The highest BCUT2D eigenvalue weighted by atomic mass is 35.5. The van der Waals surface area contributed by atoms with Gasteiger partial charge in [0.15, 0.2) is 5.82 Å². The van der Waals surface area contributed by atoms with E-state index in [1.807, 2.05) is 63.4 Å². The van der Waals surface area contributed by atoms with E-state index in [2.05, 4.69) is 30.6 Å². The van der Waals surface area contributed by atoms with Crippen molar-refractivity contribution in [2.45, 2.75) is 13.8 Å². The zero-order valence-corrected chi connectivity index (χ0v) is 17.8. The quantitative estimate of drug-likeness (QED) is 0.395. The van der Waals surface area contributed by atoms with E-state index in [-0.39, 0.29) is 0 Å². The molecule has 3 aromatic heterocycles. The van der Waals surface area contributed by atoms with Crippen molar-refractivity contribution in [1.82, 2.24) is 29.9 Å². The fourth-order valence-electron chi connectivity index (χ4n) is 3.34. The largest absolute Gasteiger partial charge is 0.457 e. The summed E-state index contributed by atoms with van der Waals surface area (Å²) in [6.07, 6.45) is 1.51. The Morgan fingerprint density at radius 1 is 0.968 bits per heavy atom. The molecule has 0 spiro atoms. The molecular formula is C22H18ClN7O. The first kappa shape index (κ1) is 19.2. The van der Waals surface area contributed by atoms with E-state index in [0.29, 0.717) is 22.2 Å². The van der Waals surface area contributed by atoms with E-state index in [0.717, 1.165) is 39.1 Å². The molecule has 0 unspecified atom stereocenters. The number of ether oxygens (including phenoxy) is 1. The van der Waals surface area contributed by atoms with Crippen LogP contribution < -0.4 is 10.1 Å². The Hall–Kier alpha value is -3.78. The molecular weight excluding hydrogens is 414 g/mol. The van der Waals surface area contributed by atoms with Crippen LogP contribution in [-0.4, -0.2) is 29.9 Å². The Labute approximate surface area is 182 Å². The molecule has 8 nitrogen and oxygen atoms in total. The van der Waals surface area contributed by atoms with Crippen LogP contribution in [0.2, 0.25) is 5.15 Å². The lowest BCUT2D eigenvalue weighted by atomic mass is 10.2. The maximum absolute atomic E-state index is 6.20. The second-order valence-corrected chi connectivity index (χ2v) is 7.62. The van der Waals surface area contributed by atoms with Gasteiger partial charge in [0, 0.05) is 18.8 Å². The first-order chi connectivity index (χ1) is 15.0. The van der Waals surface area contributed by atoms with Gasteiger partial charge in [-0.15, -0.1) is 5.10 Å². The molecule has 154 valence electrons. The molecule has 0 amide bonds. The van der Waals surface area contributed by atoms with E-state index in [9.17, 15) is 0 Å². The van der Waals surface area contributed by atoms with Crippen molar-refractivity contribution in [3.05, 3.63) is 65.1 Å². The van der Waals surface area contributed by atoms with Crippen LogP contribution in [0.4, 0.5) is 11.5 Å². The van der Waals surface area contributed by atoms with Crippen molar-refractivity contribution in [2.24, 2.45) is 7.05 Å². The number of halogens is 1. The third kappa shape index (κ3) is 3.62. The predicted octanol–water partition coefficient (Wildman–Crippen LogP) is 5.11. The monoisotopic (exact) mass is 431 g/mol. The third-order valence-electron chi connectivity index (χ3n) is 4.99. The smallest absolute Gasteiger partial charge is 0.160 e. The molecule has 1 N–H and O–H groups in total. The molecule has 5 aromatic rings. The van der Waals surface area contributed by atoms with E-state index in [1.54, 1.807) is 4.68 Å². The van der Waals surface area contributed by atoms with Crippen molar-refractivity contribution in [1.29, 1.82) is 0 Å². The summed E-state index contributed by atoms with van der Waals surface area (Å²) < 4.78 is 7.80. The van der Waals surface area contributed by atoms with Crippen molar-refractivity contribution < 1.29 is 4.74 Å². The van der Waals surface area contributed by atoms with E-state index in [4.69, 9.17) is 16.3 Å². The molecule has 5 rings (SSSR count). The molecule has 0 bridgehead atoms. The molecule has 0 aliphatic heterocycles. The number of nitrogens with zero attached hydrogens (tertiary/aromatic N) is 6. The minimum Gasteiger partial charge on any atom is -0.457 e. The fraction of sp³-hybridized carbons (Fsp3) is 0.136. The lowest BCUT2D eigenvalue weighted by Crippen LogP contribution is -1.99. The summed E-state index contributed by atoms with van der Waals surface area (Å²) in [6.45, 7) is 3.88. The van der Waals surface area contributed by atoms with Gasteiger partial charge in [-0.05, 0) is 61.4 Å². The zero-order chi connectivity index (χ0) is 21.5. The van der Waals surface area contributed by atoms with Crippen LogP contribution in [0.5, 0.6) is 11.5 Å². The minimum atomic E-state index is 0.436. The summed E-state index contributed by atoms with van der Waals surface area (Å²) >= 11 is 6.20. The fourth-order valence-corrected chi connectivity index (χ4v) is 3.48. The Morgan fingerprint density at radius 3 is 2.68 bits per heavy atom. The first-order valence-corrected chi connectivity index (χ1v) is 9.98. The predicted molar refractivity (Wildman–Crippen MR) is 120 cm³/mol. The molecule has 0 aliphatic carbocycles. The standard InChI is InChI=1S/C22H18ClN7O/c1-12-8-14(26-22-20-17(24-11-25-22)9-13(2)21(23)27-20)4-7-19(12)31-15-5-6-18-16(10-15)28-29-30(18)3/h4-11H,1-3H3,(H,24,25,26). The number of nitrogens with one attached hydrogen (secondary N) is 1. The lowest BCUT2D eigenvalue weighted by Gasteiger charge is -2.12. The summed E-state index contributed by atoms with van der Waals surface area (Å²) in [7, 11) is 1.86. The second-order valence-electron chi connectivity index (χ2n) is 7.26. The average Bonchev–Trinajstić information content (AvgIpc) is 3.12. The molecule has 3 heterocycles. The van der Waals surface area contributed by atoms with Gasteiger partial charge in [-0.2, -0.15) is 0 Å². The molecule has 0 fully saturated rings. The number of anilines is 2. The van der Waals surface area contributed by atoms with Gasteiger partial charge in [0.25, 0.3) is 0 Å². The topological polar surface area (TPSA) is 90.6 Å². The van der Waals surface area contributed by atoms with Crippen LogP contribution in [0.15, 0.2) is 48.8 Å². The van der Waals surface area contributed by atoms with Crippen LogP contribution in [0, 0.1) is 13.8 Å². The number of pyridine rings is 1. The zero-order valence-electron chi connectivity index (χ0n) is 17.1. The van der Waals surface area contributed by atoms with Crippen molar-refractivity contribution >= 4 is 45.2 Å². The first-order valence-electron chi connectivity index (χ1n) is 9.61. The molecule has 0 saturated carbocycles. The van der Waals surface area contributed by atoms with Gasteiger partial charge in [-0.25, -0.2) is 19.6 Å². The number of hydrogen-bond donors (Lipinski definition) is 1. The van der Waals surface area contributed by atoms with Gasteiger partial charge < -0.3 is 10.1 Å². The lowest BCUT2D eigenvalue weighted by molar-refractivity contribution is 0.479. The maximum Gasteiger partial charge on any atom is 0.160 e. The summed E-state index contributed by atoms with van der Waals surface area (Å²) in [5.74, 6) is 2.04. The Morgan fingerprint density at radius 2 is 1.84 bits per heavy atom. The summed E-state index contributed by atoms with van der Waals surface area (Å²) in [4.78, 5) is 13.1. The van der Waals surface area contributed by atoms with Gasteiger partial charge in [0.1, 0.15) is 34.0 Å². The van der Waals surface area contributed by atoms with E-state index >= 15 is 0 Å². The Kier molecular flexibility index (Phi) is 4.63. The van der Waals surface area contributed by atoms with Crippen molar-refractivity contribution in [2.75, 3.05) is 5.32 Å². The molecule has 0 aliphatic rings. The molecule has 31 heavy (non-hydrogen) atoms. The molecule has 2 aromatic carbocycles. The number of rotatable bonds is 4. The summed E-state index contributed by atoms with van der Waals surface area (Å²) in [6, 6.07) is 13.4. The van der Waals surface area contributed by atoms with Crippen LogP contribution in [-0.2, 0) is 7.05 Å². The highest BCUT2D eigenvalue weighted by Gasteiger charge is 2.11. The SMILES string of the molecule is Cc1cc(Nc2ncnc3cc(C)c(Cl)nc23)ccc1Oc1ccc2c(c1)nnn2C. The molecule has 0 atom stereocenters. The number of aryl methyl sites for hydroxylation is 3. The summed E-state index contributed by atoms with van der Waals surface area (Å²) in [5.41, 5.74) is 5.77. The van der Waals surface area contributed by atoms with E-state index in [1.165, 1.54) is 6.33 Å². The van der Waals surface area contributed by atoms with Crippen molar-refractivity contribution in [3.63, 3.8) is 0 Å². The van der Waals surface area contributed by atoms with Crippen LogP contribution >= 0.6 is 11.6 Å². The number of aromatic nitrogens is 6. The highest BCUT2D eigenvalue weighted by Crippen LogP contribution is 2.31. The third-order valence-corrected chi connectivity index (χ3v) is 5.37. The Bertz CT molecular complexity index is 1450. The van der Waals surface area contributed by atoms with Crippen LogP contribution in [0.25, 0.3) is 22.1 Å². The van der Waals surface area contributed by atoms with Gasteiger partial charge in [-0.1, -0.05) is 16.8 Å². The van der Waals surface area contributed by atoms with Gasteiger partial charge in [0.2, 0.25) is 0 Å². The van der Waals surface area contributed by atoms with Crippen molar-refractivity contribution in [3.8, 4) is 11.5 Å². The number of benzene rings is 2. The molecule has 9 heteroatoms. The average molecular weight is 432 g/mol. The summed E-state index contributed by atoms with van der Waals surface area (Å²) in [5, 5.41) is 11.9. The molecule has 0 radical (unpaired) electrons. The number of fused-ring (bicyclic) bond motifs is 2.